The molecule has 1 aromatic heterocycles. The third-order valence-corrected chi connectivity index (χ3v) is 5.78. The van der Waals surface area contributed by atoms with Crippen LogP contribution in [0.25, 0.3) is 5.57 Å². The maximum Gasteiger partial charge on any atom is 0.310 e. The van der Waals surface area contributed by atoms with Gasteiger partial charge in [0.15, 0.2) is 0 Å². The first-order chi connectivity index (χ1) is 12.5. The molecule has 3 aromatic rings. The Balaban J connectivity index is 1.89. The predicted octanol–water partition coefficient (Wildman–Crippen LogP) is 2.33. The first-order valence-corrected chi connectivity index (χ1v) is 9.13. The Bertz CT molecular complexity index is 1220. The third kappa shape index (κ3) is 2.67. The third-order valence-electron chi connectivity index (χ3n) is 4.08. The lowest BCUT2D eigenvalue weighted by atomic mass is 10.1. The van der Waals surface area contributed by atoms with Gasteiger partial charge in [0.2, 0.25) is 5.88 Å². The minimum Gasteiger partial charge on any atom is -0.493 e. The molecular formula is C18H10Cl2N2O3S. The minimum absolute atomic E-state index is 0.0000660. The molecule has 1 aliphatic heterocycles. The predicted molar refractivity (Wildman–Crippen MR) is 101 cm³/mol. The number of para-hydroxylation sites is 1. The maximum absolute atomic E-state index is 12.4. The molecule has 0 unspecified atom stereocenters. The Morgan fingerprint density at radius 3 is 2.46 bits per heavy atom. The molecule has 130 valence electrons. The zero-order valence-corrected chi connectivity index (χ0v) is 15.4. The minimum atomic E-state index is -0.481. The van der Waals surface area contributed by atoms with Crippen LogP contribution in [0.1, 0.15) is 10.4 Å². The second-order valence-electron chi connectivity index (χ2n) is 5.62. The summed E-state index contributed by atoms with van der Waals surface area (Å²) in [7, 11) is 0. The zero-order chi connectivity index (χ0) is 18.4. The fourth-order valence-electron chi connectivity index (χ4n) is 2.82. The van der Waals surface area contributed by atoms with Crippen LogP contribution in [0.3, 0.4) is 0 Å². The number of hydrogen-bond donors (Lipinski definition) is 1. The molecule has 1 aliphatic rings. The Morgan fingerprint density at radius 2 is 1.73 bits per heavy atom. The largest absolute Gasteiger partial charge is 0.493 e. The van der Waals surface area contributed by atoms with E-state index in [1.165, 1.54) is 0 Å². The molecule has 0 bridgehead atoms. The number of rotatable bonds is 3. The molecule has 0 saturated carbocycles. The molecule has 8 heteroatoms. The van der Waals surface area contributed by atoms with Gasteiger partial charge in [0.25, 0.3) is 5.91 Å². The molecule has 0 spiro atoms. The number of hydrogen-bond acceptors (Lipinski definition) is 4. The van der Waals surface area contributed by atoms with E-state index in [0.29, 0.717) is 26.2 Å². The fourth-order valence-corrected chi connectivity index (χ4v) is 4.28. The number of halogens is 2. The van der Waals surface area contributed by atoms with Crippen LogP contribution in [0, 0.1) is 0 Å². The van der Waals surface area contributed by atoms with Gasteiger partial charge >= 0.3 is 4.87 Å². The summed E-state index contributed by atoms with van der Waals surface area (Å²) in [4.78, 5) is 28.5. The number of amides is 1. The number of carbonyl (C=O) groups is 1. The number of benzene rings is 2. The molecule has 1 N–H and O–H groups in total. The van der Waals surface area contributed by atoms with Crippen molar-refractivity contribution >= 4 is 46.0 Å². The van der Waals surface area contributed by atoms with Gasteiger partial charge in [-0.05, 0) is 18.2 Å². The Labute approximate surface area is 161 Å². The van der Waals surface area contributed by atoms with Crippen molar-refractivity contribution in [1.29, 1.82) is 0 Å². The number of aromatic hydroxyl groups is 1. The van der Waals surface area contributed by atoms with Gasteiger partial charge in [-0.3, -0.25) is 14.2 Å². The lowest BCUT2D eigenvalue weighted by molar-refractivity contribution is -0.112. The van der Waals surface area contributed by atoms with E-state index >= 15 is 0 Å². The van der Waals surface area contributed by atoms with Crippen molar-refractivity contribution in [3.8, 4) is 5.88 Å². The average molecular weight is 405 g/mol. The normalized spacial score (nSPS) is 13.0. The second-order valence-corrected chi connectivity index (χ2v) is 7.39. The van der Waals surface area contributed by atoms with E-state index in [4.69, 9.17) is 23.2 Å². The zero-order valence-electron chi connectivity index (χ0n) is 13.1. The Kier molecular flexibility index (Phi) is 4.19. The SMILES string of the molecule is O=C1N=c2ccccc2=C1c1sc(=O)n(Cc2c(Cl)cccc2Cl)c1O. The van der Waals surface area contributed by atoms with Gasteiger partial charge in [0.1, 0.15) is 4.88 Å². The monoisotopic (exact) mass is 404 g/mol. The molecule has 0 saturated heterocycles. The standard InChI is InChI=1S/C18H10Cl2N2O3S/c19-11-5-3-6-12(20)10(11)8-22-17(24)15(26-18(22)25)14-9-4-1-2-7-13(9)21-16(14)23/h1-7,24H,8H2. The highest BCUT2D eigenvalue weighted by molar-refractivity contribution is 7.11. The topological polar surface area (TPSA) is 71.7 Å². The summed E-state index contributed by atoms with van der Waals surface area (Å²) in [5.74, 6) is -0.781. The fraction of sp³-hybridized carbons (Fsp3) is 0.0556. The van der Waals surface area contributed by atoms with E-state index in [9.17, 15) is 14.7 Å². The van der Waals surface area contributed by atoms with E-state index in [0.717, 1.165) is 15.9 Å². The summed E-state index contributed by atoms with van der Waals surface area (Å²) in [6.45, 7) is -0.0000660. The number of fused-ring (bicyclic) bond motifs is 1. The van der Waals surface area contributed by atoms with Crippen molar-refractivity contribution in [3.05, 3.63) is 83.2 Å². The summed E-state index contributed by atoms with van der Waals surface area (Å²) in [6.07, 6.45) is 0. The van der Waals surface area contributed by atoms with Crippen molar-refractivity contribution in [2.24, 2.45) is 4.99 Å². The van der Waals surface area contributed by atoms with Gasteiger partial charge in [-0.25, -0.2) is 4.99 Å². The molecule has 2 aromatic carbocycles. The van der Waals surface area contributed by atoms with Crippen LogP contribution >= 0.6 is 34.5 Å². The molecule has 2 heterocycles. The van der Waals surface area contributed by atoms with Crippen LogP contribution in [-0.2, 0) is 11.3 Å². The smallest absolute Gasteiger partial charge is 0.310 e. The van der Waals surface area contributed by atoms with Crippen molar-refractivity contribution in [1.82, 2.24) is 4.57 Å². The van der Waals surface area contributed by atoms with E-state index in [2.05, 4.69) is 4.99 Å². The molecule has 0 aliphatic carbocycles. The lowest BCUT2D eigenvalue weighted by Crippen LogP contribution is -2.22. The van der Waals surface area contributed by atoms with Gasteiger partial charge in [0.05, 0.1) is 17.5 Å². The first kappa shape index (κ1) is 17.0. The van der Waals surface area contributed by atoms with Crippen LogP contribution in [0.5, 0.6) is 5.88 Å². The molecule has 5 nitrogen and oxygen atoms in total. The molecular weight excluding hydrogens is 395 g/mol. The number of aromatic nitrogens is 1. The molecule has 4 rings (SSSR count). The number of thiazole rings is 1. The van der Waals surface area contributed by atoms with Crippen LogP contribution in [0.15, 0.2) is 52.3 Å². The second kappa shape index (κ2) is 6.39. The van der Waals surface area contributed by atoms with Crippen molar-refractivity contribution < 1.29 is 9.90 Å². The lowest BCUT2D eigenvalue weighted by Gasteiger charge is -2.08. The maximum atomic E-state index is 12.4. The summed E-state index contributed by atoms with van der Waals surface area (Å²) in [5, 5.41) is 12.5. The van der Waals surface area contributed by atoms with Crippen LogP contribution in [0.2, 0.25) is 10.0 Å². The van der Waals surface area contributed by atoms with E-state index < -0.39 is 10.8 Å². The molecule has 0 radical (unpaired) electrons. The summed E-state index contributed by atoms with van der Waals surface area (Å²) < 4.78 is 1.15. The van der Waals surface area contributed by atoms with Crippen molar-refractivity contribution in [2.45, 2.75) is 6.54 Å². The highest BCUT2D eigenvalue weighted by Crippen LogP contribution is 2.31. The molecule has 0 atom stereocenters. The van der Waals surface area contributed by atoms with E-state index in [1.54, 1.807) is 42.5 Å². The van der Waals surface area contributed by atoms with Crippen LogP contribution < -0.4 is 15.4 Å². The quantitative estimate of drug-likeness (QED) is 0.727. The molecule has 0 fully saturated rings. The van der Waals surface area contributed by atoms with Gasteiger partial charge in [-0.2, -0.15) is 0 Å². The van der Waals surface area contributed by atoms with E-state index in [1.807, 2.05) is 0 Å². The van der Waals surface area contributed by atoms with Gasteiger partial charge in [0, 0.05) is 20.8 Å². The van der Waals surface area contributed by atoms with Gasteiger partial charge < -0.3 is 5.11 Å². The van der Waals surface area contributed by atoms with Crippen molar-refractivity contribution in [2.75, 3.05) is 0 Å². The van der Waals surface area contributed by atoms with Crippen LogP contribution in [-0.4, -0.2) is 15.6 Å². The van der Waals surface area contributed by atoms with Gasteiger partial charge in [-0.15, -0.1) is 0 Å². The van der Waals surface area contributed by atoms with E-state index in [-0.39, 0.29) is 22.9 Å². The highest BCUT2D eigenvalue weighted by atomic mass is 35.5. The first-order valence-electron chi connectivity index (χ1n) is 7.55. The summed E-state index contributed by atoms with van der Waals surface area (Å²) >= 11 is 13.1. The van der Waals surface area contributed by atoms with Crippen molar-refractivity contribution in [3.63, 3.8) is 0 Å². The highest BCUT2D eigenvalue weighted by Gasteiger charge is 2.26. The number of carbonyl (C=O) groups excluding carboxylic acids is 1. The van der Waals surface area contributed by atoms with Gasteiger partial charge in [-0.1, -0.05) is 58.8 Å². The summed E-state index contributed by atoms with van der Waals surface area (Å²) in [5.41, 5.74) is 0.745. The molecule has 26 heavy (non-hydrogen) atoms. The number of nitrogens with zero attached hydrogens (tertiary/aromatic N) is 2. The Morgan fingerprint density at radius 1 is 1.04 bits per heavy atom. The molecule has 1 amide bonds. The average Bonchev–Trinajstić information content (AvgIpc) is 3.07. The van der Waals surface area contributed by atoms with Crippen LogP contribution in [0.4, 0.5) is 0 Å². The Hall–Kier alpha value is -2.41. The summed E-state index contributed by atoms with van der Waals surface area (Å²) in [6, 6.07) is 12.0.